The van der Waals surface area contributed by atoms with Crippen molar-refractivity contribution in [2.45, 2.75) is 0 Å². The first-order valence-corrected chi connectivity index (χ1v) is 4.97. The van der Waals surface area contributed by atoms with Crippen LogP contribution in [0.25, 0.3) is 0 Å². The van der Waals surface area contributed by atoms with E-state index in [0.29, 0.717) is 0 Å². The zero-order valence-corrected chi connectivity index (χ0v) is 9.04. The molecule has 6 heteroatoms. The molecule has 5 nitrogen and oxygen atoms in total. The highest BCUT2D eigenvalue weighted by Crippen LogP contribution is 2.28. The van der Waals surface area contributed by atoms with Crippen molar-refractivity contribution in [1.29, 1.82) is 0 Å². The van der Waals surface area contributed by atoms with E-state index in [-0.39, 0.29) is 22.9 Å². The SMILES string of the molecule is O=[N+]([O-])c1ccc(Oc2cccc(O)c2)c(F)c1. The summed E-state index contributed by atoms with van der Waals surface area (Å²) in [5, 5.41) is 19.6. The second kappa shape index (κ2) is 4.70. The number of nitrogens with zero attached hydrogens (tertiary/aromatic N) is 1. The van der Waals surface area contributed by atoms with E-state index in [0.717, 1.165) is 18.2 Å². The molecule has 2 aromatic carbocycles. The second-order valence-electron chi connectivity index (χ2n) is 3.47. The fraction of sp³-hybridized carbons (Fsp3) is 0. The Morgan fingerprint density at radius 3 is 2.61 bits per heavy atom. The monoisotopic (exact) mass is 249 g/mol. The Labute approximate surface area is 101 Å². The van der Waals surface area contributed by atoms with Gasteiger partial charge in [0.25, 0.3) is 5.69 Å². The maximum Gasteiger partial charge on any atom is 0.272 e. The van der Waals surface area contributed by atoms with Crippen LogP contribution < -0.4 is 4.74 Å². The van der Waals surface area contributed by atoms with Crippen molar-refractivity contribution in [2.24, 2.45) is 0 Å². The van der Waals surface area contributed by atoms with Crippen LogP contribution in [0.15, 0.2) is 42.5 Å². The predicted molar refractivity (Wildman–Crippen MR) is 61.2 cm³/mol. The zero-order valence-electron chi connectivity index (χ0n) is 9.04. The quantitative estimate of drug-likeness (QED) is 0.669. The lowest BCUT2D eigenvalue weighted by Gasteiger charge is -2.06. The van der Waals surface area contributed by atoms with E-state index in [4.69, 9.17) is 4.74 Å². The molecule has 1 N–H and O–H groups in total. The average molecular weight is 249 g/mol. The highest BCUT2D eigenvalue weighted by atomic mass is 19.1. The van der Waals surface area contributed by atoms with Crippen molar-refractivity contribution in [1.82, 2.24) is 0 Å². The number of benzene rings is 2. The van der Waals surface area contributed by atoms with Gasteiger partial charge >= 0.3 is 0 Å². The molecule has 0 unspecified atom stereocenters. The molecule has 0 fully saturated rings. The lowest BCUT2D eigenvalue weighted by atomic mass is 10.3. The molecule has 0 amide bonds. The van der Waals surface area contributed by atoms with Gasteiger partial charge in [-0.15, -0.1) is 0 Å². The lowest BCUT2D eigenvalue weighted by molar-refractivity contribution is -0.385. The van der Waals surface area contributed by atoms with Crippen molar-refractivity contribution < 1.29 is 19.2 Å². The number of hydrogen-bond acceptors (Lipinski definition) is 4. The third-order valence-corrected chi connectivity index (χ3v) is 2.17. The highest BCUT2D eigenvalue weighted by molar-refractivity contribution is 5.41. The van der Waals surface area contributed by atoms with Crippen molar-refractivity contribution in [2.75, 3.05) is 0 Å². The van der Waals surface area contributed by atoms with E-state index in [2.05, 4.69) is 0 Å². The van der Waals surface area contributed by atoms with Crippen molar-refractivity contribution in [3.63, 3.8) is 0 Å². The molecule has 2 rings (SSSR count). The van der Waals surface area contributed by atoms with E-state index < -0.39 is 10.7 Å². The third kappa shape index (κ3) is 2.54. The first kappa shape index (κ1) is 11.8. The molecular formula is C12H8FNO4. The fourth-order valence-electron chi connectivity index (χ4n) is 1.36. The second-order valence-corrected chi connectivity index (χ2v) is 3.47. The van der Waals surface area contributed by atoms with Crippen LogP contribution in [0, 0.1) is 15.9 Å². The molecule has 0 saturated heterocycles. The van der Waals surface area contributed by atoms with E-state index in [9.17, 15) is 19.6 Å². The number of aromatic hydroxyl groups is 1. The normalized spacial score (nSPS) is 10.1. The smallest absolute Gasteiger partial charge is 0.272 e. The molecule has 2 aromatic rings. The molecule has 0 radical (unpaired) electrons. The molecule has 0 aromatic heterocycles. The number of hydrogen-bond donors (Lipinski definition) is 1. The largest absolute Gasteiger partial charge is 0.508 e. The molecule has 0 saturated carbocycles. The number of halogens is 1. The van der Waals surface area contributed by atoms with Gasteiger partial charge in [-0.2, -0.15) is 0 Å². The van der Waals surface area contributed by atoms with Crippen molar-refractivity contribution in [3.8, 4) is 17.2 Å². The molecule has 0 aliphatic rings. The molecule has 0 heterocycles. The Balaban J connectivity index is 2.27. The maximum absolute atomic E-state index is 13.5. The van der Waals surface area contributed by atoms with Crippen LogP contribution in [-0.2, 0) is 0 Å². The van der Waals surface area contributed by atoms with Gasteiger partial charge in [0.2, 0.25) is 0 Å². The van der Waals surface area contributed by atoms with Crippen LogP contribution in [0.1, 0.15) is 0 Å². The molecule has 92 valence electrons. The molecular weight excluding hydrogens is 241 g/mol. The number of nitro groups is 1. The summed E-state index contributed by atoms with van der Waals surface area (Å²) in [5.74, 6) is -0.767. The van der Waals surface area contributed by atoms with E-state index in [1.165, 1.54) is 24.3 Å². The Kier molecular flexibility index (Phi) is 3.09. The third-order valence-electron chi connectivity index (χ3n) is 2.17. The van der Waals surface area contributed by atoms with Crippen LogP contribution in [0.5, 0.6) is 17.2 Å². The summed E-state index contributed by atoms with van der Waals surface area (Å²) in [7, 11) is 0. The average Bonchev–Trinajstić information content (AvgIpc) is 2.31. The molecule has 0 bridgehead atoms. The summed E-state index contributed by atoms with van der Waals surface area (Å²) in [6.07, 6.45) is 0. The first-order chi connectivity index (χ1) is 8.56. The maximum atomic E-state index is 13.5. The molecule has 0 spiro atoms. The summed E-state index contributed by atoms with van der Waals surface area (Å²) >= 11 is 0. The molecule has 18 heavy (non-hydrogen) atoms. The number of phenols is 1. The number of non-ortho nitro benzene ring substituents is 1. The van der Waals surface area contributed by atoms with E-state index >= 15 is 0 Å². The van der Waals surface area contributed by atoms with Gasteiger partial charge in [0.15, 0.2) is 11.6 Å². The van der Waals surface area contributed by atoms with E-state index in [1.54, 1.807) is 0 Å². The summed E-state index contributed by atoms with van der Waals surface area (Å²) in [6, 6.07) is 8.89. The fourth-order valence-corrected chi connectivity index (χ4v) is 1.36. The van der Waals surface area contributed by atoms with Gasteiger partial charge in [0.05, 0.1) is 11.0 Å². The van der Waals surface area contributed by atoms with E-state index in [1.807, 2.05) is 0 Å². The number of rotatable bonds is 3. The van der Waals surface area contributed by atoms with Gasteiger partial charge in [-0.1, -0.05) is 6.07 Å². The minimum absolute atomic E-state index is 0.0187. The number of phenolic OH excluding ortho intramolecular Hbond substituents is 1. The summed E-state index contributed by atoms with van der Waals surface area (Å²) in [6.45, 7) is 0. The Morgan fingerprint density at radius 2 is 2.00 bits per heavy atom. The van der Waals surface area contributed by atoms with Gasteiger partial charge in [0.1, 0.15) is 11.5 Å². The summed E-state index contributed by atoms with van der Waals surface area (Å²) in [5.41, 5.74) is -0.351. The Bertz CT molecular complexity index is 600. The van der Waals surface area contributed by atoms with Crippen molar-refractivity contribution in [3.05, 3.63) is 58.4 Å². The molecule has 0 aliphatic heterocycles. The highest BCUT2D eigenvalue weighted by Gasteiger charge is 2.12. The minimum Gasteiger partial charge on any atom is -0.508 e. The summed E-state index contributed by atoms with van der Waals surface area (Å²) in [4.78, 5) is 9.74. The zero-order chi connectivity index (χ0) is 13.1. The molecule has 0 atom stereocenters. The van der Waals surface area contributed by atoms with Gasteiger partial charge in [-0.3, -0.25) is 10.1 Å². The summed E-state index contributed by atoms with van der Waals surface area (Å²) < 4.78 is 18.7. The van der Waals surface area contributed by atoms with Gasteiger partial charge in [-0.25, -0.2) is 4.39 Å². The predicted octanol–water partition coefficient (Wildman–Crippen LogP) is 3.23. The number of ether oxygens (including phenoxy) is 1. The van der Waals surface area contributed by atoms with Crippen LogP contribution in [-0.4, -0.2) is 10.0 Å². The first-order valence-electron chi connectivity index (χ1n) is 4.97. The molecule has 0 aliphatic carbocycles. The Morgan fingerprint density at radius 1 is 1.22 bits per heavy atom. The van der Waals surface area contributed by atoms with Crippen LogP contribution >= 0.6 is 0 Å². The minimum atomic E-state index is -0.840. The van der Waals surface area contributed by atoms with Gasteiger partial charge in [0, 0.05) is 12.1 Å². The standard InChI is InChI=1S/C12H8FNO4/c13-11-6-8(14(16)17)4-5-12(11)18-10-3-1-2-9(15)7-10/h1-7,15H. The number of nitro benzene ring substituents is 1. The topological polar surface area (TPSA) is 72.6 Å². The Hall–Kier alpha value is -2.63. The van der Waals surface area contributed by atoms with Crippen molar-refractivity contribution >= 4 is 5.69 Å². The van der Waals surface area contributed by atoms with Gasteiger partial charge < -0.3 is 9.84 Å². The van der Waals surface area contributed by atoms with Gasteiger partial charge in [-0.05, 0) is 18.2 Å². The van der Waals surface area contributed by atoms with Crippen LogP contribution in [0.4, 0.5) is 10.1 Å². The lowest BCUT2D eigenvalue weighted by Crippen LogP contribution is -1.92. The van der Waals surface area contributed by atoms with Crippen LogP contribution in [0.2, 0.25) is 0 Å². The van der Waals surface area contributed by atoms with Crippen LogP contribution in [0.3, 0.4) is 0 Å².